The number of hydrogen-bond donors (Lipinski definition) is 3. The Balaban J connectivity index is 1.67. The van der Waals surface area contributed by atoms with Gasteiger partial charge in [0.25, 0.3) is 0 Å². The number of carbonyl (C=O) groups is 1. The quantitative estimate of drug-likeness (QED) is 0.173. The molecule has 5 heteroatoms. The molecule has 0 radical (unpaired) electrons. The number of rotatable bonds is 10. The van der Waals surface area contributed by atoms with Crippen molar-refractivity contribution in [3.8, 4) is 0 Å². The smallest absolute Gasteiger partial charge is 0.314 e. The average Bonchev–Trinajstić information content (AvgIpc) is 3.23. The van der Waals surface area contributed by atoms with Gasteiger partial charge in [-0.1, -0.05) is 70.1 Å². The zero-order valence-electron chi connectivity index (χ0n) is 24.4. The van der Waals surface area contributed by atoms with E-state index in [2.05, 4.69) is 45.6 Å². The molecule has 3 rings (SSSR count). The first-order chi connectivity index (χ1) is 17.9. The summed E-state index contributed by atoms with van der Waals surface area (Å²) in [5.74, 6) is 0.963. The van der Waals surface area contributed by atoms with Crippen LogP contribution >= 0.6 is 0 Å². The summed E-state index contributed by atoms with van der Waals surface area (Å²) in [6.07, 6.45) is 15.8. The predicted octanol–water partition coefficient (Wildman–Crippen LogP) is 6.44. The highest BCUT2D eigenvalue weighted by molar-refractivity contribution is 5.77. The maximum Gasteiger partial charge on any atom is 0.314 e. The molecule has 0 saturated heterocycles. The highest BCUT2D eigenvalue weighted by Gasteiger charge is 2.50. The fourth-order valence-electron chi connectivity index (χ4n) is 7.09. The molecular weight excluding hydrogens is 476 g/mol. The molecule has 38 heavy (non-hydrogen) atoms. The number of ether oxygens (including phenoxy) is 1. The van der Waals surface area contributed by atoms with Crippen molar-refractivity contribution < 1.29 is 24.9 Å². The second-order valence-electron chi connectivity index (χ2n) is 12.9. The van der Waals surface area contributed by atoms with E-state index < -0.39 is 23.7 Å². The van der Waals surface area contributed by atoms with Gasteiger partial charge in [0.15, 0.2) is 0 Å². The Morgan fingerprint density at radius 3 is 2.66 bits per heavy atom. The molecule has 0 aromatic heterocycles. The van der Waals surface area contributed by atoms with Gasteiger partial charge in [0.2, 0.25) is 0 Å². The van der Waals surface area contributed by atoms with E-state index in [4.69, 9.17) is 4.74 Å². The third-order valence-corrected chi connectivity index (χ3v) is 9.78. The fourth-order valence-corrected chi connectivity index (χ4v) is 7.09. The van der Waals surface area contributed by atoms with Gasteiger partial charge in [-0.3, -0.25) is 4.79 Å². The molecule has 0 spiro atoms. The topological polar surface area (TPSA) is 87.0 Å². The number of esters is 1. The molecule has 0 unspecified atom stereocenters. The molecule has 3 aliphatic rings. The summed E-state index contributed by atoms with van der Waals surface area (Å²) >= 11 is 0. The van der Waals surface area contributed by atoms with Crippen LogP contribution in [0.4, 0.5) is 0 Å². The second-order valence-corrected chi connectivity index (χ2v) is 12.9. The monoisotopic (exact) mass is 528 g/mol. The number of unbranched alkanes of at least 4 members (excludes halogenated alkanes) is 2. The number of hydrogen-bond acceptors (Lipinski definition) is 5. The summed E-state index contributed by atoms with van der Waals surface area (Å²) < 4.78 is 5.44. The van der Waals surface area contributed by atoms with Crippen LogP contribution in [-0.4, -0.2) is 46.2 Å². The van der Waals surface area contributed by atoms with Crippen LogP contribution in [0.5, 0.6) is 0 Å². The Morgan fingerprint density at radius 1 is 1.21 bits per heavy atom. The maximum absolute atomic E-state index is 12.6. The van der Waals surface area contributed by atoms with E-state index in [0.717, 1.165) is 56.1 Å². The van der Waals surface area contributed by atoms with Gasteiger partial charge in [-0.25, -0.2) is 0 Å². The van der Waals surface area contributed by atoms with Crippen LogP contribution < -0.4 is 0 Å². The first-order valence-electron chi connectivity index (χ1n) is 14.9. The van der Waals surface area contributed by atoms with Gasteiger partial charge < -0.3 is 20.1 Å². The second kappa shape index (κ2) is 13.1. The van der Waals surface area contributed by atoms with Crippen LogP contribution in [-0.2, 0) is 9.53 Å². The Labute approximate surface area is 230 Å². The summed E-state index contributed by atoms with van der Waals surface area (Å²) in [7, 11) is 0. The van der Waals surface area contributed by atoms with Crippen molar-refractivity contribution in [2.75, 3.05) is 6.61 Å². The van der Waals surface area contributed by atoms with Gasteiger partial charge in [-0.2, -0.15) is 0 Å². The van der Waals surface area contributed by atoms with E-state index in [9.17, 15) is 20.1 Å². The van der Waals surface area contributed by atoms with Gasteiger partial charge in [0, 0.05) is 6.42 Å². The Morgan fingerprint density at radius 2 is 1.95 bits per heavy atom. The molecule has 0 bridgehead atoms. The number of aliphatic hydroxyl groups is 3. The highest BCUT2D eigenvalue weighted by atomic mass is 16.5. The lowest BCUT2D eigenvalue weighted by Crippen LogP contribution is -2.38. The SMILES string of the molecule is C=C1C(=CC=C2CCC[C@]3(C)[C@@H]([C@H](C)C=C[C@@H](O)C(C)(C)C(=O)OCCCCC)CC[C@@H]23)C[C@@H](O)C[C@@H]1O. The zero-order chi connectivity index (χ0) is 28.1. The lowest BCUT2D eigenvalue weighted by atomic mass is 9.61. The summed E-state index contributed by atoms with van der Waals surface area (Å²) in [5, 5.41) is 31.2. The van der Waals surface area contributed by atoms with Gasteiger partial charge in [-0.15, -0.1) is 0 Å². The average molecular weight is 529 g/mol. The number of allylic oxidation sites excluding steroid dienone is 4. The van der Waals surface area contributed by atoms with Crippen LogP contribution in [0, 0.1) is 28.6 Å². The minimum absolute atomic E-state index is 0.188. The Hall–Kier alpha value is -1.69. The van der Waals surface area contributed by atoms with Crippen LogP contribution in [0.25, 0.3) is 0 Å². The van der Waals surface area contributed by atoms with E-state index in [-0.39, 0.29) is 17.3 Å². The molecular formula is C33H52O5. The van der Waals surface area contributed by atoms with E-state index >= 15 is 0 Å². The highest BCUT2D eigenvalue weighted by Crippen LogP contribution is 2.59. The van der Waals surface area contributed by atoms with Gasteiger partial charge in [-0.05, 0) is 93.1 Å². The fraction of sp³-hybridized carbons (Fsp3) is 0.727. The van der Waals surface area contributed by atoms with Crippen molar-refractivity contribution in [3.63, 3.8) is 0 Å². The standard InChI is InChI=1S/C33H52O5/c1-7-8-9-19-38-31(37)32(4,5)30(36)17-12-22(2)27-15-16-28-24(11-10-18-33(27,28)6)13-14-25-20-26(34)21-29(35)23(25)3/h12-14,17,22,26-30,34-36H,3,7-11,15-16,18-21H2,1-2,4-6H3/t22-,26-,27-,28+,29+,30-,33-/m1/s1. The van der Waals surface area contributed by atoms with Gasteiger partial charge >= 0.3 is 5.97 Å². The molecule has 3 N–H and O–H groups in total. The molecule has 0 aliphatic heterocycles. The van der Waals surface area contributed by atoms with Crippen LogP contribution in [0.3, 0.4) is 0 Å². The van der Waals surface area contributed by atoms with E-state index in [1.54, 1.807) is 13.8 Å². The van der Waals surface area contributed by atoms with Crippen molar-refractivity contribution in [2.45, 2.75) is 117 Å². The third kappa shape index (κ3) is 6.89. The van der Waals surface area contributed by atoms with Crippen LogP contribution in [0.1, 0.15) is 98.8 Å². The minimum Gasteiger partial charge on any atom is -0.465 e. The van der Waals surface area contributed by atoms with Gasteiger partial charge in [0.05, 0.1) is 30.3 Å². The minimum atomic E-state index is -0.983. The number of fused-ring (bicyclic) bond motifs is 1. The molecule has 0 amide bonds. The van der Waals surface area contributed by atoms with Crippen molar-refractivity contribution in [1.82, 2.24) is 0 Å². The predicted molar refractivity (Wildman–Crippen MR) is 153 cm³/mol. The summed E-state index contributed by atoms with van der Waals surface area (Å²) in [5.41, 5.74) is 2.37. The third-order valence-electron chi connectivity index (χ3n) is 9.78. The number of aliphatic hydroxyl groups excluding tert-OH is 3. The normalized spacial score (nSPS) is 34.1. The molecule has 0 aromatic carbocycles. The van der Waals surface area contributed by atoms with Crippen LogP contribution in [0.2, 0.25) is 0 Å². The first kappa shape index (κ1) is 30.8. The van der Waals surface area contributed by atoms with Gasteiger partial charge in [0.1, 0.15) is 0 Å². The summed E-state index contributed by atoms with van der Waals surface area (Å²) in [4.78, 5) is 12.6. The van der Waals surface area contributed by atoms with Crippen molar-refractivity contribution in [2.24, 2.45) is 28.6 Å². The lowest BCUT2D eigenvalue weighted by Gasteiger charge is -2.44. The zero-order valence-corrected chi connectivity index (χ0v) is 24.4. The van der Waals surface area contributed by atoms with E-state index in [1.165, 1.54) is 12.0 Å². The summed E-state index contributed by atoms with van der Waals surface area (Å²) in [6, 6.07) is 0. The van der Waals surface area contributed by atoms with E-state index in [0.29, 0.717) is 31.3 Å². The van der Waals surface area contributed by atoms with Crippen molar-refractivity contribution in [1.29, 1.82) is 0 Å². The summed E-state index contributed by atoms with van der Waals surface area (Å²) in [6.45, 7) is 14.8. The van der Waals surface area contributed by atoms with Crippen molar-refractivity contribution >= 4 is 5.97 Å². The maximum atomic E-state index is 12.6. The molecule has 3 aliphatic carbocycles. The Kier molecular flexibility index (Phi) is 10.6. The van der Waals surface area contributed by atoms with Crippen molar-refractivity contribution in [3.05, 3.63) is 47.6 Å². The lowest BCUT2D eigenvalue weighted by molar-refractivity contribution is -0.158. The van der Waals surface area contributed by atoms with E-state index in [1.807, 2.05) is 6.08 Å². The number of carbonyl (C=O) groups excluding carboxylic acids is 1. The largest absolute Gasteiger partial charge is 0.465 e. The molecule has 0 heterocycles. The molecule has 5 nitrogen and oxygen atoms in total. The van der Waals surface area contributed by atoms with Crippen LogP contribution in [0.15, 0.2) is 47.6 Å². The molecule has 3 fully saturated rings. The molecule has 7 atom stereocenters. The molecule has 214 valence electrons. The first-order valence-corrected chi connectivity index (χ1v) is 14.9. The molecule has 3 saturated carbocycles. The Bertz CT molecular complexity index is 928. The molecule has 0 aromatic rings.